The number of fused-ring (bicyclic) bond motifs is 1. The minimum Gasteiger partial charge on any atom is -0.0988 e. The zero-order chi connectivity index (χ0) is 19.4. The van der Waals surface area contributed by atoms with Gasteiger partial charge in [-0.05, 0) is 96.8 Å². The van der Waals surface area contributed by atoms with Crippen molar-refractivity contribution >= 4 is 28.5 Å². The molecule has 0 heterocycles. The molecule has 0 fully saturated rings. The quantitative estimate of drug-likeness (QED) is 0.483. The SMILES string of the molecule is C=C/C(C)=C(\C=C/C)c1c(C)ccc2c(C)c(/C=C\C)c(C=C)c(C)c12. The number of benzene rings is 2. The maximum atomic E-state index is 4.09. The molecule has 0 amide bonds. The van der Waals surface area contributed by atoms with Gasteiger partial charge in [0.25, 0.3) is 0 Å². The summed E-state index contributed by atoms with van der Waals surface area (Å²) in [6.07, 6.45) is 12.5. The standard InChI is InChI=1S/C26H30/c1-9-13-22(17(5)11-3)25-18(6)15-16-24-19(7)23(14-10-2)21(12-4)20(8)26(24)25/h9-16H,3-4H2,1-2,5-8H3/b13-9-,14-10-,22-17+. The highest BCUT2D eigenvalue weighted by Crippen LogP contribution is 2.39. The lowest BCUT2D eigenvalue weighted by molar-refractivity contribution is 1.37. The van der Waals surface area contributed by atoms with E-state index in [-0.39, 0.29) is 0 Å². The largest absolute Gasteiger partial charge is 0.0988 e. The molecule has 2 aromatic rings. The Morgan fingerprint density at radius 2 is 1.62 bits per heavy atom. The van der Waals surface area contributed by atoms with E-state index in [1.165, 1.54) is 55.3 Å². The van der Waals surface area contributed by atoms with Crippen LogP contribution in [0.1, 0.15) is 54.2 Å². The van der Waals surface area contributed by atoms with E-state index < -0.39 is 0 Å². The van der Waals surface area contributed by atoms with Gasteiger partial charge in [-0.25, -0.2) is 0 Å². The predicted octanol–water partition coefficient (Wildman–Crippen LogP) is 7.98. The van der Waals surface area contributed by atoms with Crippen LogP contribution in [-0.4, -0.2) is 0 Å². The van der Waals surface area contributed by atoms with Crippen LogP contribution >= 0.6 is 0 Å². The summed E-state index contributed by atoms with van der Waals surface area (Å²) in [5.41, 5.74) is 10.1. The minimum atomic E-state index is 1.19. The molecule has 0 bridgehead atoms. The zero-order valence-electron chi connectivity index (χ0n) is 17.0. The molecule has 0 saturated carbocycles. The van der Waals surface area contributed by atoms with Gasteiger partial charge in [-0.2, -0.15) is 0 Å². The second kappa shape index (κ2) is 8.19. The van der Waals surface area contributed by atoms with Gasteiger partial charge < -0.3 is 0 Å². The van der Waals surface area contributed by atoms with Crippen LogP contribution in [0.3, 0.4) is 0 Å². The second-order valence-corrected chi connectivity index (χ2v) is 6.76. The van der Waals surface area contributed by atoms with Crippen LogP contribution in [0.4, 0.5) is 0 Å². The van der Waals surface area contributed by atoms with E-state index in [1.807, 2.05) is 12.2 Å². The van der Waals surface area contributed by atoms with Crippen LogP contribution in [-0.2, 0) is 0 Å². The first-order valence-corrected chi connectivity index (χ1v) is 9.20. The summed E-state index contributed by atoms with van der Waals surface area (Å²) < 4.78 is 0. The first-order chi connectivity index (χ1) is 12.4. The highest BCUT2D eigenvalue weighted by atomic mass is 14.2. The maximum Gasteiger partial charge on any atom is -0.00643 e. The van der Waals surface area contributed by atoms with Crippen molar-refractivity contribution < 1.29 is 0 Å². The molecule has 0 aliphatic rings. The Labute approximate surface area is 159 Å². The Bertz CT molecular complexity index is 960. The summed E-state index contributed by atoms with van der Waals surface area (Å²) in [6, 6.07) is 4.49. The molecule has 0 aliphatic heterocycles. The molecule has 0 N–H and O–H groups in total. The summed E-state index contributed by atoms with van der Waals surface area (Å²) in [5.74, 6) is 0. The van der Waals surface area contributed by atoms with Crippen molar-refractivity contribution in [1.29, 1.82) is 0 Å². The first-order valence-electron chi connectivity index (χ1n) is 9.20. The molecule has 134 valence electrons. The van der Waals surface area contributed by atoms with Crippen LogP contribution in [0, 0.1) is 20.8 Å². The van der Waals surface area contributed by atoms with Crippen molar-refractivity contribution in [3.63, 3.8) is 0 Å². The van der Waals surface area contributed by atoms with Crippen LogP contribution in [0.25, 0.3) is 28.5 Å². The Balaban J connectivity index is 3.16. The van der Waals surface area contributed by atoms with Gasteiger partial charge in [0, 0.05) is 0 Å². The van der Waals surface area contributed by atoms with Crippen molar-refractivity contribution in [3.8, 4) is 0 Å². The van der Waals surface area contributed by atoms with E-state index in [2.05, 4.69) is 91.1 Å². The van der Waals surface area contributed by atoms with E-state index in [4.69, 9.17) is 0 Å². The molecule has 2 rings (SSSR count). The van der Waals surface area contributed by atoms with E-state index in [0.717, 1.165) is 0 Å². The van der Waals surface area contributed by atoms with E-state index in [0.29, 0.717) is 0 Å². The molecule has 2 aromatic carbocycles. The fraction of sp³-hybridized carbons (Fsp3) is 0.231. The van der Waals surface area contributed by atoms with Crippen molar-refractivity contribution in [2.24, 2.45) is 0 Å². The molecule has 0 aliphatic carbocycles. The highest BCUT2D eigenvalue weighted by molar-refractivity contribution is 6.04. The molecule has 0 nitrogen and oxygen atoms in total. The van der Waals surface area contributed by atoms with Crippen molar-refractivity contribution in [2.45, 2.75) is 41.5 Å². The molecule has 0 spiro atoms. The molecular weight excluding hydrogens is 312 g/mol. The monoisotopic (exact) mass is 342 g/mol. The van der Waals surface area contributed by atoms with Crippen molar-refractivity contribution in [1.82, 2.24) is 0 Å². The topological polar surface area (TPSA) is 0 Å². The third kappa shape index (κ3) is 3.24. The molecule has 0 aromatic heterocycles. The molecule has 26 heavy (non-hydrogen) atoms. The van der Waals surface area contributed by atoms with Crippen molar-refractivity contribution in [2.75, 3.05) is 0 Å². The number of allylic oxidation sites excluding steroid dienone is 6. The molecule has 0 radical (unpaired) electrons. The average molecular weight is 343 g/mol. The fourth-order valence-corrected chi connectivity index (χ4v) is 3.77. The van der Waals surface area contributed by atoms with Gasteiger partial charge in [-0.3, -0.25) is 0 Å². The van der Waals surface area contributed by atoms with Gasteiger partial charge in [0.2, 0.25) is 0 Å². The average Bonchev–Trinajstić information content (AvgIpc) is 2.64. The number of rotatable bonds is 5. The third-order valence-electron chi connectivity index (χ3n) is 5.16. The Hall–Kier alpha value is -2.60. The van der Waals surface area contributed by atoms with Gasteiger partial charge in [-0.1, -0.05) is 61.7 Å². The number of aryl methyl sites for hydroxylation is 3. The van der Waals surface area contributed by atoms with Gasteiger partial charge in [0.1, 0.15) is 0 Å². The number of hydrogen-bond acceptors (Lipinski definition) is 0. The minimum absolute atomic E-state index is 1.19. The molecular formula is C26H30. The second-order valence-electron chi connectivity index (χ2n) is 6.76. The van der Waals surface area contributed by atoms with Crippen LogP contribution in [0.2, 0.25) is 0 Å². The maximum absolute atomic E-state index is 4.09. The summed E-state index contributed by atoms with van der Waals surface area (Å²) in [5, 5.41) is 2.63. The summed E-state index contributed by atoms with van der Waals surface area (Å²) in [6.45, 7) is 21.0. The lowest BCUT2D eigenvalue weighted by atomic mass is 9.83. The lowest BCUT2D eigenvalue weighted by Gasteiger charge is -2.21. The predicted molar refractivity (Wildman–Crippen MR) is 121 cm³/mol. The van der Waals surface area contributed by atoms with Gasteiger partial charge in [0.05, 0.1) is 0 Å². The van der Waals surface area contributed by atoms with Gasteiger partial charge in [-0.15, -0.1) is 0 Å². The van der Waals surface area contributed by atoms with Crippen LogP contribution in [0.15, 0.2) is 55.2 Å². The molecule has 0 unspecified atom stereocenters. The Morgan fingerprint density at radius 3 is 2.15 bits per heavy atom. The number of hydrogen-bond donors (Lipinski definition) is 0. The van der Waals surface area contributed by atoms with E-state index in [1.54, 1.807) is 0 Å². The lowest BCUT2D eigenvalue weighted by Crippen LogP contribution is -2.00. The normalized spacial score (nSPS) is 12.8. The first kappa shape index (κ1) is 19.7. The highest BCUT2D eigenvalue weighted by Gasteiger charge is 2.17. The van der Waals surface area contributed by atoms with Crippen molar-refractivity contribution in [3.05, 3.63) is 88.5 Å². The van der Waals surface area contributed by atoms with Gasteiger partial charge >= 0.3 is 0 Å². The Morgan fingerprint density at radius 1 is 0.923 bits per heavy atom. The summed E-state index contributed by atoms with van der Waals surface area (Å²) in [7, 11) is 0. The summed E-state index contributed by atoms with van der Waals surface area (Å²) >= 11 is 0. The Kier molecular flexibility index (Phi) is 6.21. The van der Waals surface area contributed by atoms with Crippen LogP contribution < -0.4 is 0 Å². The molecule has 0 heteroatoms. The fourth-order valence-electron chi connectivity index (χ4n) is 3.77. The molecule has 0 atom stereocenters. The van der Waals surface area contributed by atoms with E-state index >= 15 is 0 Å². The van der Waals surface area contributed by atoms with Crippen LogP contribution in [0.5, 0.6) is 0 Å². The smallest absolute Gasteiger partial charge is 0.00643 e. The third-order valence-corrected chi connectivity index (χ3v) is 5.16. The summed E-state index contributed by atoms with van der Waals surface area (Å²) in [4.78, 5) is 0. The van der Waals surface area contributed by atoms with E-state index in [9.17, 15) is 0 Å². The van der Waals surface area contributed by atoms with Gasteiger partial charge in [0.15, 0.2) is 0 Å². The zero-order valence-corrected chi connectivity index (χ0v) is 17.0. The molecule has 0 saturated heterocycles.